The Morgan fingerprint density at radius 3 is 0.500 bits per heavy atom. The van der Waals surface area contributed by atoms with Gasteiger partial charge in [0.25, 0.3) is 0 Å². The zero-order chi connectivity index (χ0) is 17.0. The second-order valence-electron chi connectivity index (χ2n) is 5.45. The second kappa shape index (κ2) is 19.0. The van der Waals surface area contributed by atoms with E-state index in [0.717, 1.165) is 105 Å². The maximum atomic E-state index is 5.01. The Morgan fingerprint density at radius 1 is 0.292 bits per heavy atom. The van der Waals surface area contributed by atoms with Gasteiger partial charge in [0.15, 0.2) is 0 Å². The Morgan fingerprint density at radius 2 is 0.458 bits per heavy atom. The maximum absolute atomic E-state index is 5.01. The molecule has 0 unspecified atom stereocenters. The lowest BCUT2D eigenvalue weighted by atomic mass is 10.5. The third kappa shape index (κ3) is 16.5. The molecule has 0 aromatic carbocycles. The summed E-state index contributed by atoms with van der Waals surface area (Å²) in [7, 11) is 0. The Balaban J connectivity index is 0.000000160. The molecule has 4 heterocycles. The van der Waals surface area contributed by atoms with Gasteiger partial charge in [0.1, 0.15) is 0 Å². The van der Waals surface area contributed by atoms with Crippen LogP contribution in [0.25, 0.3) is 0 Å². The summed E-state index contributed by atoms with van der Waals surface area (Å²) in [5.74, 6) is 0. The number of hydrogen-bond acceptors (Lipinski definition) is 8. The minimum absolute atomic E-state index is 0.889. The van der Waals surface area contributed by atoms with Gasteiger partial charge in [0, 0.05) is 52.4 Å². The summed E-state index contributed by atoms with van der Waals surface area (Å²) in [4.78, 5) is 0. The standard InChI is InChI=1S/4C4H9NO/c4*1-3-6-4-2-5-1/h4*5H,1-4H2. The Labute approximate surface area is 146 Å². The predicted octanol–water partition coefficient (Wildman–Crippen LogP) is -1.58. The Hall–Kier alpha value is -0.320. The SMILES string of the molecule is C1COCCN1.C1COCCN1.C1COCCN1.C1COCCN1. The largest absolute Gasteiger partial charge is 0.379 e. The summed E-state index contributed by atoms with van der Waals surface area (Å²) in [5, 5.41) is 12.6. The summed E-state index contributed by atoms with van der Waals surface area (Å²) in [6.07, 6.45) is 0. The number of hydrogen-bond donors (Lipinski definition) is 4. The first-order chi connectivity index (χ1) is 12.0. The fourth-order valence-corrected chi connectivity index (χ4v) is 2.06. The zero-order valence-electron chi connectivity index (χ0n) is 14.9. The van der Waals surface area contributed by atoms with Crippen molar-refractivity contribution in [1.29, 1.82) is 0 Å². The first-order valence-corrected chi connectivity index (χ1v) is 9.14. The Bertz CT molecular complexity index is 140. The number of ether oxygens (including phenoxy) is 4. The molecule has 0 radical (unpaired) electrons. The molecule has 0 aromatic rings. The fourth-order valence-electron chi connectivity index (χ4n) is 2.06. The molecule has 8 heteroatoms. The van der Waals surface area contributed by atoms with Gasteiger partial charge in [-0.1, -0.05) is 0 Å². The molecule has 0 bridgehead atoms. The molecule has 4 aliphatic heterocycles. The summed E-state index contributed by atoms with van der Waals surface area (Å²) in [6, 6.07) is 0. The highest BCUT2D eigenvalue weighted by Gasteiger charge is 1.94. The van der Waals surface area contributed by atoms with E-state index in [9.17, 15) is 0 Å². The van der Waals surface area contributed by atoms with E-state index in [1.54, 1.807) is 0 Å². The van der Waals surface area contributed by atoms with Crippen molar-refractivity contribution < 1.29 is 18.9 Å². The first-order valence-electron chi connectivity index (χ1n) is 9.14. The summed E-state index contributed by atoms with van der Waals surface area (Å²) in [6.45, 7) is 15.3. The van der Waals surface area contributed by atoms with Gasteiger partial charge in [0.2, 0.25) is 0 Å². The van der Waals surface area contributed by atoms with Crippen LogP contribution in [0.1, 0.15) is 0 Å². The average Bonchev–Trinajstić information content (AvgIpc) is 2.75. The number of morpholine rings is 4. The van der Waals surface area contributed by atoms with Crippen LogP contribution in [0.2, 0.25) is 0 Å². The van der Waals surface area contributed by atoms with E-state index >= 15 is 0 Å². The maximum Gasteiger partial charge on any atom is 0.0591 e. The summed E-state index contributed by atoms with van der Waals surface area (Å²) >= 11 is 0. The van der Waals surface area contributed by atoms with Gasteiger partial charge in [-0.25, -0.2) is 0 Å². The van der Waals surface area contributed by atoms with Crippen LogP contribution >= 0.6 is 0 Å². The lowest BCUT2D eigenvalue weighted by Crippen LogP contribution is -2.30. The minimum atomic E-state index is 0.889. The highest BCUT2D eigenvalue weighted by molar-refractivity contribution is 4.51. The molecule has 4 N–H and O–H groups in total. The van der Waals surface area contributed by atoms with Crippen LogP contribution in [0.5, 0.6) is 0 Å². The van der Waals surface area contributed by atoms with Gasteiger partial charge >= 0.3 is 0 Å². The lowest BCUT2D eigenvalue weighted by Gasteiger charge is -2.10. The number of rotatable bonds is 0. The molecule has 0 aromatic heterocycles. The lowest BCUT2D eigenvalue weighted by molar-refractivity contribution is 0.109. The highest BCUT2D eigenvalue weighted by Crippen LogP contribution is 1.78. The molecule has 4 fully saturated rings. The average molecular weight is 348 g/mol. The van der Waals surface area contributed by atoms with Crippen molar-refractivity contribution in [3.8, 4) is 0 Å². The molecule has 144 valence electrons. The normalized spacial score (nSPS) is 24.0. The molecule has 0 spiro atoms. The second-order valence-corrected chi connectivity index (χ2v) is 5.45. The van der Waals surface area contributed by atoms with E-state index in [1.807, 2.05) is 0 Å². The van der Waals surface area contributed by atoms with E-state index in [4.69, 9.17) is 18.9 Å². The Kier molecular flexibility index (Phi) is 17.2. The van der Waals surface area contributed by atoms with E-state index in [2.05, 4.69) is 21.3 Å². The van der Waals surface area contributed by atoms with Crippen LogP contribution in [0.3, 0.4) is 0 Å². The van der Waals surface area contributed by atoms with Gasteiger partial charge in [-0.3, -0.25) is 0 Å². The van der Waals surface area contributed by atoms with Crippen molar-refractivity contribution in [2.45, 2.75) is 0 Å². The minimum Gasteiger partial charge on any atom is -0.379 e. The topological polar surface area (TPSA) is 85.0 Å². The van der Waals surface area contributed by atoms with Gasteiger partial charge in [-0.2, -0.15) is 0 Å². The number of nitrogens with one attached hydrogen (secondary N) is 4. The van der Waals surface area contributed by atoms with Crippen molar-refractivity contribution in [2.75, 3.05) is 105 Å². The third-order valence-electron chi connectivity index (χ3n) is 3.39. The molecular formula is C16H36N4O4. The van der Waals surface area contributed by atoms with E-state index in [0.29, 0.717) is 0 Å². The smallest absolute Gasteiger partial charge is 0.0591 e. The fraction of sp³-hybridized carbons (Fsp3) is 1.00. The van der Waals surface area contributed by atoms with Crippen molar-refractivity contribution in [3.63, 3.8) is 0 Å². The molecule has 24 heavy (non-hydrogen) atoms. The molecule has 8 nitrogen and oxygen atoms in total. The third-order valence-corrected chi connectivity index (χ3v) is 3.39. The van der Waals surface area contributed by atoms with E-state index in [-0.39, 0.29) is 0 Å². The monoisotopic (exact) mass is 348 g/mol. The van der Waals surface area contributed by atoms with Crippen molar-refractivity contribution in [1.82, 2.24) is 21.3 Å². The highest BCUT2D eigenvalue weighted by atomic mass is 16.5. The quantitative estimate of drug-likeness (QED) is 0.418. The molecule has 4 aliphatic rings. The zero-order valence-corrected chi connectivity index (χ0v) is 14.9. The molecule has 4 saturated heterocycles. The van der Waals surface area contributed by atoms with Crippen molar-refractivity contribution >= 4 is 0 Å². The summed E-state index contributed by atoms with van der Waals surface area (Å²) in [5.41, 5.74) is 0. The molecule has 0 amide bonds. The predicted molar refractivity (Wildman–Crippen MR) is 94.8 cm³/mol. The van der Waals surface area contributed by atoms with E-state index in [1.165, 1.54) is 0 Å². The van der Waals surface area contributed by atoms with Crippen LogP contribution in [-0.2, 0) is 18.9 Å². The molecule has 4 rings (SSSR count). The molecule has 0 aliphatic carbocycles. The van der Waals surface area contributed by atoms with Gasteiger partial charge in [-0.15, -0.1) is 0 Å². The van der Waals surface area contributed by atoms with E-state index < -0.39 is 0 Å². The van der Waals surface area contributed by atoms with Crippen LogP contribution in [0.15, 0.2) is 0 Å². The van der Waals surface area contributed by atoms with Crippen LogP contribution < -0.4 is 21.3 Å². The van der Waals surface area contributed by atoms with Gasteiger partial charge < -0.3 is 40.2 Å². The molecule has 0 saturated carbocycles. The van der Waals surface area contributed by atoms with Crippen LogP contribution in [-0.4, -0.2) is 105 Å². The first kappa shape index (κ1) is 21.7. The summed E-state index contributed by atoms with van der Waals surface area (Å²) < 4.78 is 20.0. The van der Waals surface area contributed by atoms with Crippen LogP contribution in [0, 0.1) is 0 Å². The van der Waals surface area contributed by atoms with Crippen LogP contribution in [0.4, 0.5) is 0 Å². The molecular weight excluding hydrogens is 312 g/mol. The molecule has 0 atom stereocenters. The van der Waals surface area contributed by atoms with Crippen molar-refractivity contribution in [3.05, 3.63) is 0 Å². The van der Waals surface area contributed by atoms with Gasteiger partial charge in [0.05, 0.1) is 52.9 Å². The van der Waals surface area contributed by atoms with Crippen molar-refractivity contribution in [2.24, 2.45) is 0 Å². The van der Waals surface area contributed by atoms with Gasteiger partial charge in [-0.05, 0) is 0 Å².